The maximum atomic E-state index is 15.0. The van der Waals surface area contributed by atoms with Gasteiger partial charge in [-0.1, -0.05) is 60.2 Å². The van der Waals surface area contributed by atoms with Gasteiger partial charge in [0.05, 0.1) is 5.69 Å². The maximum absolute atomic E-state index is 15.0. The monoisotopic (exact) mass is 1030 g/mol. The van der Waals surface area contributed by atoms with Crippen LogP contribution >= 0.6 is 0 Å². The molecule has 1 aliphatic carbocycles. The van der Waals surface area contributed by atoms with Gasteiger partial charge < -0.3 is 10.2 Å². The molecule has 0 bridgehead atoms. The van der Waals surface area contributed by atoms with E-state index in [0.717, 1.165) is 63.2 Å². The number of hydrogen-bond acceptors (Lipinski definition) is 8. The average Bonchev–Trinajstić information content (AvgIpc) is 3.25. The Bertz CT molecular complexity index is 3290. The minimum Gasteiger partial charge on any atom is -0.385 e. The summed E-state index contributed by atoms with van der Waals surface area (Å²) in [6.45, 7) is 19.3. The zero-order valence-corrected chi connectivity index (χ0v) is 42.8. The van der Waals surface area contributed by atoms with Crippen LogP contribution in [0.4, 0.5) is 50.4 Å². The third-order valence-electron chi connectivity index (χ3n) is 11.8. The second-order valence-electron chi connectivity index (χ2n) is 17.3. The highest BCUT2D eigenvalue weighted by atomic mass is 32.3. The molecule has 0 saturated heterocycles. The molecule has 0 aliphatic heterocycles. The van der Waals surface area contributed by atoms with Crippen molar-refractivity contribution < 1.29 is 51.8 Å². The van der Waals surface area contributed by atoms with Gasteiger partial charge in [0.1, 0.15) is 18.1 Å². The average molecular weight is 1030 g/mol. The molecule has 11 nitrogen and oxygen atoms in total. The van der Waals surface area contributed by atoms with E-state index in [1.165, 1.54) is 22.4 Å². The van der Waals surface area contributed by atoms with Crippen molar-refractivity contribution in [2.45, 2.75) is 73.7 Å². The number of nitrogens with zero attached hydrogens (tertiary/aromatic N) is 2. The third-order valence-corrected chi connectivity index (χ3v) is 16.5. The van der Waals surface area contributed by atoms with E-state index in [2.05, 4.69) is 103 Å². The second-order valence-corrected chi connectivity index (χ2v) is 22.7. The fraction of sp³-hybridized carbons (Fsp3) is 0.314. The lowest BCUT2D eigenvalue weighted by Crippen LogP contribution is -2.46. The van der Waals surface area contributed by atoms with Gasteiger partial charge >= 0.3 is 15.5 Å². The third kappa shape index (κ3) is 11.6. The summed E-state index contributed by atoms with van der Waals surface area (Å²) in [6.07, 6.45) is 7.92. The number of rotatable bonds is 17. The summed E-state index contributed by atoms with van der Waals surface area (Å²) >= 11 is 0. The second kappa shape index (κ2) is 20.4. The molecule has 0 amide bonds. The number of hydrogen-bond donors (Lipinski definition) is 3. The van der Waals surface area contributed by atoms with Crippen molar-refractivity contribution in [3.8, 4) is 0 Å². The molecule has 6 rings (SSSR count). The van der Waals surface area contributed by atoms with E-state index in [4.69, 9.17) is 0 Å². The first-order valence-corrected chi connectivity index (χ1v) is 27.2. The molecule has 0 unspecified atom stereocenters. The number of anilines is 4. The number of alkyl halides is 5. The van der Waals surface area contributed by atoms with Crippen molar-refractivity contribution in [3.63, 3.8) is 0 Å². The number of halogens is 5. The van der Waals surface area contributed by atoms with Gasteiger partial charge in [-0.05, 0) is 143 Å². The van der Waals surface area contributed by atoms with Crippen LogP contribution in [-0.2, 0) is 30.1 Å². The molecule has 1 aliphatic rings. The Balaban J connectivity index is 1.41. The van der Waals surface area contributed by atoms with Crippen LogP contribution in [0.5, 0.6) is 0 Å². The van der Waals surface area contributed by atoms with Gasteiger partial charge in [0.15, 0.2) is 0 Å². The lowest BCUT2D eigenvalue weighted by atomic mass is 9.87. The van der Waals surface area contributed by atoms with E-state index in [9.17, 15) is 38.4 Å². The van der Waals surface area contributed by atoms with Crippen LogP contribution in [0.2, 0.25) is 0 Å². The molecule has 0 aromatic heterocycles. The molecular formula is C51H57F5N5O6S3+. The van der Waals surface area contributed by atoms with Gasteiger partial charge in [-0.15, -0.1) is 4.13 Å². The Kier molecular flexibility index (Phi) is 15.6. The van der Waals surface area contributed by atoms with E-state index in [1.807, 2.05) is 61.8 Å². The van der Waals surface area contributed by atoms with Crippen molar-refractivity contribution in [3.05, 3.63) is 153 Å². The van der Waals surface area contributed by atoms with Gasteiger partial charge in [-0.3, -0.25) is 4.72 Å². The molecule has 19 heteroatoms. The molecular weight excluding hydrogens is 970 g/mol. The summed E-state index contributed by atoms with van der Waals surface area (Å²) in [5.74, 6) is -9.47. The summed E-state index contributed by atoms with van der Waals surface area (Å²) in [5.41, 5.74) is 7.16. The first-order chi connectivity index (χ1) is 32.6. The van der Waals surface area contributed by atoms with Crippen molar-refractivity contribution in [1.29, 1.82) is 0 Å². The summed E-state index contributed by atoms with van der Waals surface area (Å²) in [4.78, 5) is 2.32. The van der Waals surface area contributed by atoms with Crippen LogP contribution < -0.4 is 19.1 Å². The topological polar surface area (TPSA) is 145 Å². The molecule has 0 radical (unpaired) electrons. The number of sulfonamides is 3. The van der Waals surface area contributed by atoms with Gasteiger partial charge in [0.2, 0.25) is 31.4 Å². The SMILES string of the molecule is CCNc1ccc(C(=C2C=CC(=[N+](CC)c3c(C)cc(C)c(NS(=O)(=O)CC(F)(F)CS(=O)(=O)NS(=O)(=O)C(F)(F)F)c3C)C=C2)c2ccc(N(CC)c3c(C)cc(C)cc3C)cc2)c2ccccc12. The highest BCUT2D eigenvalue weighted by Crippen LogP contribution is 2.40. The predicted molar refractivity (Wildman–Crippen MR) is 273 cm³/mol. The Morgan fingerprint density at radius 1 is 0.671 bits per heavy atom. The fourth-order valence-corrected chi connectivity index (χ4v) is 13.4. The van der Waals surface area contributed by atoms with E-state index in [-0.39, 0.29) is 9.81 Å². The minimum atomic E-state index is -6.58. The van der Waals surface area contributed by atoms with E-state index >= 15 is 8.78 Å². The smallest absolute Gasteiger partial charge is 0.385 e. The Morgan fingerprint density at radius 2 is 1.26 bits per heavy atom. The van der Waals surface area contributed by atoms with Crippen LogP contribution in [0.3, 0.4) is 0 Å². The molecule has 0 saturated carbocycles. The summed E-state index contributed by atoms with van der Waals surface area (Å²) in [6, 6.07) is 27.0. The van der Waals surface area contributed by atoms with Crippen molar-refractivity contribution >= 4 is 80.6 Å². The number of allylic oxidation sites excluding steroid dienone is 5. The molecule has 374 valence electrons. The molecule has 0 atom stereocenters. The first kappa shape index (κ1) is 53.5. The molecule has 0 spiro atoms. The van der Waals surface area contributed by atoms with Crippen molar-refractivity contribution in [2.75, 3.05) is 46.1 Å². The van der Waals surface area contributed by atoms with Crippen LogP contribution in [0.15, 0.2) is 109 Å². The minimum absolute atomic E-state index is 0.0756. The normalized spacial score (nSPS) is 13.5. The lowest BCUT2D eigenvalue weighted by molar-refractivity contribution is -0.435. The summed E-state index contributed by atoms with van der Waals surface area (Å²) in [7, 11) is -17.6. The fourth-order valence-electron chi connectivity index (χ4n) is 9.27. The van der Waals surface area contributed by atoms with Gasteiger partial charge in [0.25, 0.3) is 5.92 Å². The number of nitrogens with one attached hydrogen (secondary N) is 3. The van der Waals surface area contributed by atoms with Crippen LogP contribution in [0.25, 0.3) is 16.3 Å². The first-order valence-electron chi connectivity index (χ1n) is 22.4. The molecule has 0 heterocycles. The quantitative estimate of drug-likeness (QED) is 0.0617. The van der Waals surface area contributed by atoms with Gasteiger partial charge in [-0.25, -0.2) is 34.0 Å². The Hall–Kier alpha value is -5.89. The van der Waals surface area contributed by atoms with Gasteiger partial charge in [-0.2, -0.15) is 17.7 Å². The zero-order valence-electron chi connectivity index (χ0n) is 40.3. The van der Waals surface area contributed by atoms with Crippen LogP contribution in [0, 0.1) is 41.5 Å². The molecule has 0 fully saturated rings. The highest BCUT2D eigenvalue weighted by Gasteiger charge is 2.50. The van der Waals surface area contributed by atoms with Crippen molar-refractivity contribution in [2.24, 2.45) is 0 Å². The predicted octanol–water partition coefficient (Wildman–Crippen LogP) is 11.2. The highest BCUT2D eigenvalue weighted by molar-refractivity contribution is 8.05. The van der Waals surface area contributed by atoms with Crippen molar-refractivity contribution in [1.82, 2.24) is 4.13 Å². The number of aryl methyl sites for hydroxylation is 5. The molecule has 5 aromatic carbocycles. The molecule has 70 heavy (non-hydrogen) atoms. The number of fused-ring (bicyclic) bond motifs is 1. The summed E-state index contributed by atoms with van der Waals surface area (Å²) < 4.78 is 146. The van der Waals surface area contributed by atoms with Crippen LogP contribution in [0.1, 0.15) is 65.3 Å². The van der Waals surface area contributed by atoms with E-state index in [0.29, 0.717) is 28.9 Å². The number of benzene rings is 5. The Morgan fingerprint density at radius 3 is 1.81 bits per heavy atom. The van der Waals surface area contributed by atoms with Crippen LogP contribution in [-0.4, -0.2) is 78.1 Å². The van der Waals surface area contributed by atoms with Gasteiger partial charge in [0, 0.05) is 58.8 Å². The van der Waals surface area contributed by atoms with E-state index in [1.54, 1.807) is 19.9 Å². The zero-order chi connectivity index (χ0) is 51.7. The standard InChI is InChI=1S/C51H56F5N5O6S3/c1-10-57-45-26-25-44(42-15-13-14-16-43(42)45)46(38-17-21-40(22-18-38)60(11-2)48-34(6)27-32(4)28-35(48)7)39-19-23-41(24-20-39)61(12-3)49-36(8)29-33(5)47(37(49)9)58-68(62,63)30-50(52,53)31-69(64,65)59-70(66,67)51(54,55)56/h13-29,58-59H,10-12,30-31H2,1-9H3/p+1. The Labute approximate surface area is 407 Å². The largest absolute Gasteiger partial charge is 0.512 e. The van der Waals surface area contributed by atoms with E-state index < -0.39 is 53.0 Å². The lowest BCUT2D eigenvalue weighted by Gasteiger charge is -2.28. The maximum Gasteiger partial charge on any atom is 0.512 e. The molecule has 3 N–H and O–H groups in total. The summed E-state index contributed by atoms with van der Waals surface area (Å²) in [5, 5.41) is 5.59. The molecule has 5 aromatic rings.